The van der Waals surface area contributed by atoms with Gasteiger partial charge in [0.25, 0.3) is 0 Å². The number of benzene rings is 2. The highest BCUT2D eigenvalue weighted by molar-refractivity contribution is 9.10. The fourth-order valence-corrected chi connectivity index (χ4v) is 2.54. The number of halogens is 1. The molecule has 0 saturated carbocycles. The molecule has 2 aromatic carbocycles. The lowest BCUT2D eigenvalue weighted by molar-refractivity contribution is 0.302. The number of rotatable bonds is 3. The first kappa shape index (κ1) is 12.2. The van der Waals surface area contributed by atoms with Gasteiger partial charge in [-0.3, -0.25) is 0 Å². The second-order valence-electron chi connectivity index (χ2n) is 4.14. The van der Waals surface area contributed by atoms with Crippen molar-refractivity contribution in [2.45, 2.75) is 20.5 Å². The van der Waals surface area contributed by atoms with E-state index in [0.717, 1.165) is 21.3 Å². The standard InChI is InChI=1S/C15H15BrO/c1-11-8-14(16)9-12(2)15(11)17-10-13-6-4-3-5-7-13/h3-9H,10H2,1-2H3. The molecule has 88 valence electrons. The van der Waals surface area contributed by atoms with Crippen molar-refractivity contribution in [1.29, 1.82) is 0 Å². The molecule has 0 aliphatic rings. The van der Waals surface area contributed by atoms with Crippen molar-refractivity contribution in [2.75, 3.05) is 0 Å². The summed E-state index contributed by atoms with van der Waals surface area (Å²) in [5.41, 5.74) is 3.51. The van der Waals surface area contributed by atoms with Gasteiger partial charge in [-0.05, 0) is 42.7 Å². The summed E-state index contributed by atoms with van der Waals surface area (Å²) in [7, 11) is 0. The summed E-state index contributed by atoms with van der Waals surface area (Å²) in [4.78, 5) is 0. The van der Waals surface area contributed by atoms with E-state index in [1.54, 1.807) is 0 Å². The van der Waals surface area contributed by atoms with E-state index in [9.17, 15) is 0 Å². The fourth-order valence-electron chi connectivity index (χ4n) is 1.85. The third-order valence-corrected chi connectivity index (χ3v) is 3.11. The van der Waals surface area contributed by atoms with Gasteiger partial charge < -0.3 is 4.74 Å². The van der Waals surface area contributed by atoms with E-state index in [-0.39, 0.29) is 0 Å². The largest absolute Gasteiger partial charge is 0.488 e. The van der Waals surface area contributed by atoms with Gasteiger partial charge in [-0.25, -0.2) is 0 Å². The number of hydrogen-bond donors (Lipinski definition) is 0. The first-order chi connectivity index (χ1) is 8.16. The molecule has 0 N–H and O–H groups in total. The molecule has 1 nitrogen and oxygen atoms in total. The average Bonchev–Trinajstić information content (AvgIpc) is 2.29. The minimum absolute atomic E-state index is 0.615. The molecule has 0 bridgehead atoms. The van der Waals surface area contributed by atoms with E-state index in [4.69, 9.17) is 4.74 Å². The Morgan fingerprint density at radius 2 is 1.59 bits per heavy atom. The van der Waals surface area contributed by atoms with Crippen LogP contribution in [0, 0.1) is 13.8 Å². The SMILES string of the molecule is Cc1cc(Br)cc(C)c1OCc1ccccc1. The Bertz CT molecular complexity index is 483. The summed E-state index contributed by atoms with van der Waals surface area (Å²) in [6.45, 7) is 4.75. The third-order valence-electron chi connectivity index (χ3n) is 2.65. The van der Waals surface area contributed by atoms with Crippen LogP contribution in [-0.2, 0) is 6.61 Å². The van der Waals surface area contributed by atoms with E-state index in [0.29, 0.717) is 6.61 Å². The van der Waals surface area contributed by atoms with Crippen LogP contribution in [0.5, 0.6) is 5.75 Å². The second kappa shape index (κ2) is 5.37. The van der Waals surface area contributed by atoms with E-state index < -0.39 is 0 Å². The van der Waals surface area contributed by atoms with Crippen LogP contribution in [0.2, 0.25) is 0 Å². The lowest BCUT2D eigenvalue weighted by Crippen LogP contribution is -1.98. The van der Waals surface area contributed by atoms with Crippen molar-refractivity contribution >= 4 is 15.9 Å². The van der Waals surface area contributed by atoms with Gasteiger partial charge >= 0.3 is 0 Å². The van der Waals surface area contributed by atoms with Gasteiger partial charge in [0.05, 0.1) is 0 Å². The first-order valence-electron chi connectivity index (χ1n) is 5.60. The van der Waals surface area contributed by atoms with E-state index in [1.165, 1.54) is 5.56 Å². The lowest BCUT2D eigenvalue weighted by Gasteiger charge is -2.12. The summed E-state index contributed by atoms with van der Waals surface area (Å²) in [5, 5.41) is 0. The van der Waals surface area contributed by atoms with Crippen LogP contribution in [0.15, 0.2) is 46.9 Å². The maximum atomic E-state index is 5.89. The molecule has 0 aliphatic heterocycles. The van der Waals surface area contributed by atoms with Crippen LogP contribution in [-0.4, -0.2) is 0 Å². The molecule has 2 heteroatoms. The third kappa shape index (κ3) is 3.10. The van der Waals surface area contributed by atoms with Crippen LogP contribution in [0.25, 0.3) is 0 Å². The zero-order valence-electron chi connectivity index (χ0n) is 10.0. The normalized spacial score (nSPS) is 10.3. The van der Waals surface area contributed by atoms with Gasteiger partial charge in [-0.2, -0.15) is 0 Å². The van der Waals surface area contributed by atoms with Crippen molar-refractivity contribution in [3.8, 4) is 5.75 Å². The fraction of sp³-hybridized carbons (Fsp3) is 0.200. The Hall–Kier alpha value is -1.28. The summed E-state index contributed by atoms with van der Waals surface area (Å²) in [6.07, 6.45) is 0. The average molecular weight is 291 g/mol. The van der Waals surface area contributed by atoms with E-state index in [1.807, 2.05) is 18.2 Å². The van der Waals surface area contributed by atoms with E-state index >= 15 is 0 Å². The van der Waals surface area contributed by atoms with Gasteiger partial charge in [-0.1, -0.05) is 46.3 Å². The molecule has 0 unspecified atom stereocenters. The first-order valence-corrected chi connectivity index (χ1v) is 6.39. The molecule has 0 amide bonds. The quantitative estimate of drug-likeness (QED) is 0.800. The molecular formula is C15H15BrO. The van der Waals surface area contributed by atoms with Crippen molar-refractivity contribution in [3.05, 3.63) is 63.6 Å². The summed E-state index contributed by atoms with van der Waals surface area (Å²) >= 11 is 3.49. The van der Waals surface area contributed by atoms with Gasteiger partial charge in [0.15, 0.2) is 0 Å². The smallest absolute Gasteiger partial charge is 0.125 e. The maximum absolute atomic E-state index is 5.89. The molecule has 0 radical (unpaired) electrons. The molecule has 0 fully saturated rings. The zero-order valence-corrected chi connectivity index (χ0v) is 11.6. The molecule has 0 aliphatic carbocycles. The van der Waals surface area contributed by atoms with Gasteiger partial charge in [0.1, 0.15) is 12.4 Å². The van der Waals surface area contributed by atoms with Crippen LogP contribution < -0.4 is 4.74 Å². The maximum Gasteiger partial charge on any atom is 0.125 e. The van der Waals surface area contributed by atoms with E-state index in [2.05, 4.69) is 54.0 Å². The van der Waals surface area contributed by atoms with Crippen molar-refractivity contribution in [1.82, 2.24) is 0 Å². The highest BCUT2D eigenvalue weighted by atomic mass is 79.9. The summed E-state index contributed by atoms with van der Waals surface area (Å²) in [5.74, 6) is 0.983. The molecule has 2 rings (SSSR count). The van der Waals surface area contributed by atoms with Crippen LogP contribution in [0.1, 0.15) is 16.7 Å². The second-order valence-corrected chi connectivity index (χ2v) is 5.06. The highest BCUT2D eigenvalue weighted by Gasteiger charge is 2.05. The van der Waals surface area contributed by atoms with Crippen LogP contribution >= 0.6 is 15.9 Å². The van der Waals surface area contributed by atoms with Gasteiger partial charge in [0, 0.05) is 4.47 Å². The Balaban J connectivity index is 2.15. The lowest BCUT2D eigenvalue weighted by atomic mass is 10.1. The zero-order chi connectivity index (χ0) is 12.3. The molecule has 0 saturated heterocycles. The molecule has 0 aromatic heterocycles. The van der Waals surface area contributed by atoms with Gasteiger partial charge in [-0.15, -0.1) is 0 Å². The minimum Gasteiger partial charge on any atom is -0.488 e. The molecule has 17 heavy (non-hydrogen) atoms. The minimum atomic E-state index is 0.615. The summed E-state index contributed by atoms with van der Waals surface area (Å²) in [6, 6.07) is 14.4. The number of aryl methyl sites for hydroxylation is 2. The predicted octanol–water partition coefficient (Wildman–Crippen LogP) is 4.64. The molecule has 2 aromatic rings. The number of hydrogen-bond acceptors (Lipinski definition) is 1. The topological polar surface area (TPSA) is 9.23 Å². The highest BCUT2D eigenvalue weighted by Crippen LogP contribution is 2.27. The monoisotopic (exact) mass is 290 g/mol. The Morgan fingerprint density at radius 1 is 1.00 bits per heavy atom. The van der Waals surface area contributed by atoms with Crippen molar-refractivity contribution in [3.63, 3.8) is 0 Å². The van der Waals surface area contributed by atoms with Crippen LogP contribution in [0.3, 0.4) is 0 Å². The van der Waals surface area contributed by atoms with Gasteiger partial charge in [0.2, 0.25) is 0 Å². The van der Waals surface area contributed by atoms with Crippen LogP contribution in [0.4, 0.5) is 0 Å². The van der Waals surface area contributed by atoms with Crippen molar-refractivity contribution in [2.24, 2.45) is 0 Å². The molecule has 0 heterocycles. The Labute approximate surface area is 111 Å². The van der Waals surface area contributed by atoms with Crippen molar-refractivity contribution < 1.29 is 4.74 Å². The Morgan fingerprint density at radius 3 is 2.18 bits per heavy atom. The number of ether oxygens (including phenoxy) is 1. The summed E-state index contributed by atoms with van der Waals surface area (Å²) < 4.78 is 6.98. The molecular weight excluding hydrogens is 276 g/mol. The molecule has 0 atom stereocenters. The Kier molecular flexibility index (Phi) is 3.85. The predicted molar refractivity (Wildman–Crippen MR) is 74.4 cm³/mol. The molecule has 0 spiro atoms.